The van der Waals surface area contributed by atoms with Crippen LogP contribution < -0.4 is 11.1 Å². The van der Waals surface area contributed by atoms with Crippen LogP contribution in [0.1, 0.15) is 24.2 Å². The van der Waals surface area contributed by atoms with Crippen LogP contribution >= 0.6 is 11.6 Å². The quantitative estimate of drug-likeness (QED) is 0.811. The smallest absolute Gasteiger partial charge is 0.250 e. The number of nitrogens with one attached hydrogen (secondary N) is 1. The number of benzene rings is 1. The Hall–Kier alpha value is -1.81. The summed E-state index contributed by atoms with van der Waals surface area (Å²) in [5.41, 5.74) is 6.69. The van der Waals surface area contributed by atoms with Crippen molar-refractivity contribution in [3.05, 3.63) is 40.4 Å². The zero-order valence-corrected chi connectivity index (χ0v) is 10.3. The molecule has 5 heteroatoms. The van der Waals surface area contributed by atoms with E-state index in [2.05, 4.69) is 5.32 Å². The van der Waals surface area contributed by atoms with E-state index in [0.29, 0.717) is 5.69 Å². The Morgan fingerprint density at radius 3 is 2.53 bits per heavy atom. The van der Waals surface area contributed by atoms with Gasteiger partial charge in [-0.1, -0.05) is 17.2 Å². The van der Waals surface area contributed by atoms with Crippen molar-refractivity contribution in [2.45, 2.75) is 13.8 Å². The number of allylic oxidation sites excluding steroid dienone is 1. The zero-order chi connectivity index (χ0) is 13.0. The topological polar surface area (TPSA) is 72.2 Å². The molecule has 0 radical (unpaired) electrons. The Kier molecular flexibility index (Phi) is 4.29. The van der Waals surface area contributed by atoms with Crippen LogP contribution in [0, 0.1) is 0 Å². The monoisotopic (exact) mass is 252 g/mol. The lowest BCUT2D eigenvalue weighted by atomic mass is 10.2. The van der Waals surface area contributed by atoms with Crippen LogP contribution in [0.4, 0.5) is 5.69 Å². The summed E-state index contributed by atoms with van der Waals surface area (Å²) in [7, 11) is 0. The van der Waals surface area contributed by atoms with Gasteiger partial charge in [0.1, 0.15) is 0 Å². The van der Waals surface area contributed by atoms with Gasteiger partial charge in [-0.3, -0.25) is 9.59 Å². The van der Waals surface area contributed by atoms with Crippen LogP contribution in [-0.2, 0) is 4.79 Å². The minimum Gasteiger partial charge on any atom is -0.366 e. The Morgan fingerprint density at radius 2 is 2.00 bits per heavy atom. The van der Waals surface area contributed by atoms with E-state index in [0.717, 1.165) is 5.57 Å². The van der Waals surface area contributed by atoms with E-state index in [1.807, 2.05) is 13.8 Å². The van der Waals surface area contributed by atoms with Gasteiger partial charge in [-0.05, 0) is 32.0 Å². The van der Waals surface area contributed by atoms with E-state index in [9.17, 15) is 9.59 Å². The number of primary amides is 1. The summed E-state index contributed by atoms with van der Waals surface area (Å²) in [4.78, 5) is 22.5. The second kappa shape index (κ2) is 5.50. The molecule has 4 nitrogen and oxygen atoms in total. The molecule has 0 unspecified atom stereocenters. The molecule has 17 heavy (non-hydrogen) atoms. The van der Waals surface area contributed by atoms with Crippen LogP contribution in [0.5, 0.6) is 0 Å². The molecule has 0 aliphatic carbocycles. The Morgan fingerprint density at radius 1 is 1.35 bits per heavy atom. The van der Waals surface area contributed by atoms with Gasteiger partial charge in [0, 0.05) is 11.8 Å². The molecule has 3 N–H and O–H groups in total. The maximum absolute atomic E-state index is 11.5. The lowest BCUT2D eigenvalue weighted by molar-refractivity contribution is -0.111. The van der Waals surface area contributed by atoms with Crippen molar-refractivity contribution in [3.63, 3.8) is 0 Å². The fourth-order valence-electron chi connectivity index (χ4n) is 1.23. The first-order valence-electron chi connectivity index (χ1n) is 4.95. The fourth-order valence-corrected chi connectivity index (χ4v) is 1.44. The van der Waals surface area contributed by atoms with Gasteiger partial charge in [0.15, 0.2) is 0 Å². The van der Waals surface area contributed by atoms with Crippen LogP contribution in [-0.4, -0.2) is 11.8 Å². The summed E-state index contributed by atoms with van der Waals surface area (Å²) in [5, 5.41) is 2.88. The molecule has 0 saturated carbocycles. The molecule has 90 valence electrons. The van der Waals surface area contributed by atoms with Crippen molar-refractivity contribution in [3.8, 4) is 0 Å². The lowest BCUT2D eigenvalue weighted by Crippen LogP contribution is -2.13. The van der Waals surface area contributed by atoms with Crippen LogP contribution in [0.25, 0.3) is 0 Å². The van der Waals surface area contributed by atoms with Gasteiger partial charge in [-0.25, -0.2) is 0 Å². The molecule has 0 bridgehead atoms. The number of carbonyl (C=O) groups is 2. The molecule has 0 spiro atoms. The van der Waals surface area contributed by atoms with Crippen LogP contribution in [0.3, 0.4) is 0 Å². The van der Waals surface area contributed by atoms with Crippen molar-refractivity contribution in [1.29, 1.82) is 0 Å². The van der Waals surface area contributed by atoms with E-state index >= 15 is 0 Å². The Balaban J connectivity index is 2.94. The SMILES string of the molecule is CC(C)=CC(=O)Nc1ccc(Cl)c(C(N)=O)c1. The zero-order valence-electron chi connectivity index (χ0n) is 9.58. The molecular formula is C12H13ClN2O2. The molecule has 1 aromatic rings. The normalized spacial score (nSPS) is 9.59. The van der Waals surface area contributed by atoms with E-state index in [4.69, 9.17) is 17.3 Å². The van der Waals surface area contributed by atoms with Crippen LogP contribution in [0.15, 0.2) is 29.8 Å². The first-order chi connectivity index (χ1) is 7.90. The fraction of sp³-hybridized carbons (Fsp3) is 0.167. The van der Waals surface area contributed by atoms with E-state index < -0.39 is 5.91 Å². The number of hydrogen-bond donors (Lipinski definition) is 2. The molecule has 1 rings (SSSR count). The van der Waals surface area contributed by atoms with Crippen molar-refractivity contribution in [1.82, 2.24) is 0 Å². The van der Waals surface area contributed by atoms with Gasteiger partial charge in [0.05, 0.1) is 10.6 Å². The third-order valence-corrected chi connectivity index (χ3v) is 2.25. The molecule has 0 heterocycles. The van der Waals surface area contributed by atoms with Crippen molar-refractivity contribution in [2.75, 3.05) is 5.32 Å². The number of carbonyl (C=O) groups excluding carboxylic acids is 2. The number of amides is 2. The second-order valence-electron chi connectivity index (χ2n) is 3.77. The van der Waals surface area contributed by atoms with Crippen molar-refractivity contribution >= 4 is 29.1 Å². The van der Waals surface area contributed by atoms with Crippen LogP contribution in [0.2, 0.25) is 5.02 Å². The highest BCUT2D eigenvalue weighted by Crippen LogP contribution is 2.20. The second-order valence-corrected chi connectivity index (χ2v) is 4.18. The molecule has 0 fully saturated rings. The molecule has 1 aromatic carbocycles. The van der Waals surface area contributed by atoms with Gasteiger partial charge in [0.2, 0.25) is 11.8 Å². The third-order valence-electron chi connectivity index (χ3n) is 1.92. The lowest BCUT2D eigenvalue weighted by Gasteiger charge is -2.05. The summed E-state index contributed by atoms with van der Waals surface area (Å²) in [5.74, 6) is -0.893. The summed E-state index contributed by atoms with van der Waals surface area (Å²) in [6, 6.07) is 4.56. The number of hydrogen-bond acceptors (Lipinski definition) is 2. The van der Waals surface area contributed by atoms with Gasteiger partial charge >= 0.3 is 0 Å². The largest absolute Gasteiger partial charge is 0.366 e. The first-order valence-corrected chi connectivity index (χ1v) is 5.33. The predicted molar refractivity (Wildman–Crippen MR) is 68.0 cm³/mol. The van der Waals surface area contributed by atoms with Crippen molar-refractivity contribution in [2.24, 2.45) is 5.73 Å². The molecule has 0 saturated heterocycles. The van der Waals surface area contributed by atoms with E-state index in [-0.39, 0.29) is 16.5 Å². The predicted octanol–water partition coefficient (Wildman–Crippen LogP) is 2.34. The maximum Gasteiger partial charge on any atom is 0.250 e. The molecule has 0 aromatic heterocycles. The Bertz CT molecular complexity index is 491. The molecule has 0 aliphatic rings. The highest BCUT2D eigenvalue weighted by molar-refractivity contribution is 6.34. The van der Waals surface area contributed by atoms with Crippen molar-refractivity contribution < 1.29 is 9.59 Å². The molecule has 0 aliphatic heterocycles. The number of anilines is 1. The number of rotatable bonds is 3. The third kappa shape index (κ3) is 3.92. The van der Waals surface area contributed by atoms with E-state index in [1.54, 1.807) is 6.07 Å². The maximum atomic E-state index is 11.5. The summed E-state index contributed by atoms with van der Waals surface area (Å²) in [6.07, 6.45) is 1.46. The Labute approximate surface area is 104 Å². The van der Waals surface area contributed by atoms with Gasteiger partial charge in [0.25, 0.3) is 0 Å². The minimum absolute atomic E-state index is 0.182. The summed E-state index contributed by atoms with van der Waals surface area (Å²) in [6.45, 7) is 3.63. The standard InChI is InChI=1S/C12H13ClN2O2/c1-7(2)5-11(16)15-8-3-4-10(13)9(6-8)12(14)17/h3-6H,1-2H3,(H2,14,17)(H,15,16). The number of nitrogens with two attached hydrogens (primary N) is 1. The molecule has 2 amide bonds. The summed E-state index contributed by atoms with van der Waals surface area (Å²) >= 11 is 5.79. The highest BCUT2D eigenvalue weighted by Gasteiger charge is 2.08. The van der Waals surface area contributed by atoms with Gasteiger partial charge in [-0.15, -0.1) is 0 Å². The highest BCUT2D eigenvalue weighted by atomic mass is 35.5. The van der Waals surface area contributed by atoms with Gasteiger partial charge in [-0.2, -0.15) is 0 Å². The van der Waals surface area contributed by atoms with Gasteiger partial charge < -0.3 is 11.1 Å². The molecule has 0 atom stereocenters. The number of halogens is 1. The summed E-state index contributed by atoms with van der Waals surface area (Å²) < 4.78 is 0. The average Bonchev–Trinajstić information content (AvgIpc) is 2.19. The average molecular weight is 253 g/mol. The van der Waals surface area contributed by atoms with E-state index in [1.165, 1.54) is 18.2 Å². The minimum atomic E-state index is -0.631. The first kappa shape index (κ1) is 13.3. The molecular weight excluding hydrogens is 240 g/mol.